The van der Waals surface area contributed by atoms with Crippen molar-refractivity contribution < 1.29 is 4.79 Å². The lowest BCUT2D eigenvalue weighted by Gasteiger charge is -2.24. The molecule has 4 rings (SSSR count). The number of aromatic nitrogens is 5. The summed E-state index contributed by atoms with van der Waals surface area (Å²) in [7, 11) is 0. The summed E-state index contributed by atoms with van der Waals surface area (Å²) in [5, 5.41) is 10.6. The summed E-state index contributed by atoms with van der Waals surface area (Å²) >= 11 is 0. The van der Waals surface area contributed by atoms with Gasteiger partial charge >= 0.3 is 0 Å². The first-order chi connectivity index (χ1) is 11.2. The Kier molecular flexibility index (Phi) is 3.25. The number of H-pyrrole nitrogens is 1. The number of benzene rings is 1. The van der Waals surface area contributed by atoms with E-state index in [4.69, 9.17) is 0 Å². The highest BCUT2D eigenvalue weighted by atomic mass is 16.2. The van der Waals surface area contributed by atoms with Gasteiger partial charge in [-0.2, -0.15) is 15.4 Å². The van der Waals surface area contributed by atoms with Crippen molar-refractivity contribution in [3.63, 3.8) is 0 Å². The average molecular weight is 308 g/mol. The van der Waals surface area contributed by atoms with Gasteiger partial charge in [0.05, 0.1) is 23.6 Å². The molecule has 3 heterocycles. The Balaban J connectivity index is 1.66. The summed E-state index contributed by atoms with van der Waals surface area (Å²) in [6.45, 7) is 2.64. The third-order valence-electron chi connectivity index (χ3n) is 4.19. The zero-order valence-electron chi connectivity index (χ0n) is 12.7. The number of carbonyl (C=O) groups excluding carboxylic acids is 1. The molecule has 1 fully saturated rings. The predicted octanol–water partition coefficient (Wildman–Crippen LogP) is 2.03. The Morgan fingerprint density at radius 1 is 1.26 bits per heavy atom. The minimum atomic E-state index is -0.0112. The molecule has 0 saturated carbocycles. The minimum absolute atomic E-state index is 0.000654. The molecule has 0 aliphatic carbocycles. The van der Waals surface area contributed by atoms with Gasteiger partial charge in [0.15, 0.2) is 0 Å². The van der Waals surface area contributed by atoms with E-state index in [1.54, 1.807) is 24.5 Å². The summed E-state index contributed by atoms with van der Waals surface area (Å²) in [5.41, 5.74) is 3.80. The number of aryl methyl sites for hydroxylation is 1. The van der Waals surface area contributed by atoms with Crippen molar-refractivity contribution in [2.45, 2.75) is 25.8 Å². The van der Waals surface area contributed by atoms with Crippen LogP contribution in [0.4, 0.5) is 0 Å². The van der Waals surface area contributed by atoms with Crippen LogP contribution in [0.1, 0.15) is 40.6 Å². The van der Waals surface area contributed by atoms with Crippen LogP contribution in [0.3, 0.4) is 0 Å². The van der Waals surface area contributed by atoms with Crippen molar-refractivity contribution in [2.24, 2.45) is 0 Å². The molecular formula is C16H16N6O. The van der Waals surface area contributed by atoms with E-state index in [0.717, 1.165) is 36.3 Å². The molecule has 0 radical (unpaired) electrons. The predicted molar refractivity (Wildman–Crippen MR) is 83.7 cm³/mol. The highest BCUT2D eigenvalue weighted by molar-refractivity contribution is 5.97. The zero-order valence-corrected chi connectivity index (χ0v) is 12.7. The molecule has 1 aromatic carbocycles. The van der Waals surface area contributed by atoms with Gasteiger partial charge in [0.2, 0.25) is 0 Å². The van der Waals surface area contributed by atoms with Crippen LogP contribution >= 0.6 is 0 Å². The molecular weight excluding hydrogens is 292 g/mol. The summed E-state index contributed by atoms with van der Waals surface area (Å²) in [6, 6.07) is 5.37. The lowest BCUT2D eigenvalue weighted by molar-refractivity contribution is 0.0732. The quantitative estimate of drug-likeness (QED) is 0.782. The Morgan fingerprint density at radius 3 is 3.00 bits per heavy atom. The number of carbonyl (C=O) groups is 1. The molecule has 116 valence electrons. The number of rotatable bonds is 2. The van der Waals surface area contributed by atoms with Crippen LogP contribution in [-0.2, 0) is 0 Å². The number of aromatic amines is 1. The van der Waals surface area contributed by atoms with Crippen LogP contribution in [0, 0.1) is 6.92 Å². The molecule has 0 unspecified atom stereocenters. The van der Waals surface area contributed by atoms with Gasteiger partial charge in [-0.1, -0.05) is 0 Å². The lowest BCUT2D eigenvalue weighted by Crippen LogP contribution is -2.31. The molecule has 1 aliphatic rings. The van der Waals surface area contributed by atoms with Crippen molar-refractivity contribution in [2.75, 3.05) is 6.54 Å². The number of hydrogen-bond donors (Lipinski definition) is 1. The first-order valence-corrected chi connectivity index (χ1v) is 7.62. The zero-order chi connectivity index (χ0) is 15.8. The molecule has 0 bridgehead atoms. The molecule has 1 saturated heterocycles. The van der Waals surface area contributed by atoms with Crippen molar-refractivity contribution in [1.29, 1.82) is 0 Å². The van der Waals surface area contributed by atoms with Gasteiger partial charge in [0.25, 0.3) is 5.91 Å². The first kappa shape index (κ1) is 13.8. The van der Waals surface area contributed by atoms with Crippen molar-refractivity contribution >= 4 is 16.9 Å². The van der Waals surface area contributed by atoms with Crippen LogP contribution < -0.4 is 0 Å². The largest absolute Gasteiger partial charge is 0.330 e. The number of fused-ring (bicyclic) bond motifs is 1. The highest BCUT2D eigenvalue weighted by Gasteiger charge is 2.32. The van der Waals surface area contributed by atoms with E-state index in [0.29, 0.717) is 11.1 Å². The third kappa shape index (κ3) is 2.44. The molecule has 23 heavy (non-hydrogen) atoms. The molecule has 1 aliphatic heterocycles. The second-order valence-corrected chi connectivity index (χ2v) is 5.77. The van der Waals surface area contributed by atoms with Gasteiger partial charge in [-0.15, -0.1) is 0 Å². The monoisotopic (exact) mass is 308 g/mol. The van der Waals surface area contributed by atoms with E-state index in [-0.39, 0.29) is 11.9 Å². The van der Waals surface area contributed by atoms with E-state index in [1.807, 2.05) is 17.9 Å². The minimum Gasteiger partial charge on any atom is -0.330 e. The van der Waals surface area contributed by atoms with E-state index in [1.165, 1.54) is 0 Å². The maximum absolute atomic E-state index is 12.9. The van der Waals surface area contributed by atoms with Crippen LogP contribution in [0.15, 0.2) is 30.6 Å². The van der Waals surface area contributed by atoms with Crippen LogP contribution in [0.2, 0.25) is 0 Å². The second-order valence-electron chi connectivity index (χ2n) is 5.77. The molecule has 1 atom stereocenters. The molecule has 0 spiro atoms. The highest BCUT2D eigenvalue weighted by Crippen LogP contribution is 2.32. The van der Waals surface area contributed by atoms with Crippen LogP contribution in [0.5, 0.6) is 0 Å². The maximum Gasteiger partial charge on any atom is 0.254 e. The maximum atomic E-state index is 12.9. The lowest BCUT2D eigenvalue weighted by atomic mass is 10.1. The van der Waals surface area contributed by atoms with Crippen LogP contribution in [-0.4, -0.2) is 42.7 Å². The Hall–Kier alpha value is -2.83. The van der Waals surface area contributed by atoms with Gasteiger partial charge in [-0.05, 0) is 38.0 Å². The molecule has 1 amide bonds. The molecule has 1 N–H and O–H groups in total. The number of likely N-dealkylation sites (tertiary alicyclic amines) is 1. The fraction of sp³-hybridized carbons (Fsp3) is 0.312. The van der Waals surface area contributed by atoms with Gasteiger partial charge in [0.1, 0.15) is 11.0 Å². The SMILES string of the molecule is Cc1cncc([C@H]2CCCN2C(=O)c2ccc3n[nH]nc3c2)n1. The van der Waals surface area contributed by atoms with E-state index in [2.05, 4.69) is 25.4 Å². The number of nitrogens with zero attached hydrogens (tertiary/aromatic N) is 5. The van der Waals surface area contributed by atoms with E-state index >= 15 is 0 Å². The Labute approximate surface area is 132 Å². The first-order valence-electron chi connectivity index (χ1n) is 7.62. The average Bonchev–Trinajstić information content (AvgIpc) is 3.22. The normalized spacial score (nSPS) is 17.8. The number of hydrogen-bond acceptors (Lipinski definition) is 5. The number of amides is 1. The Morgan fingerprint density at radius 2 is 2.13 bits per heavy atom. The molecule has 7 heteroatoms. The summed E-state index contributed by atoms with van der Waals surface area (Å²) < 4.78 is 0. The van der Waals surface area contributed by atoms with Gasteiger partial charge < -0.3 is 4.90 Å². The van der Waals surface area contributed by atoms with Crippen molar-refractivity contribution in [3.8, 4) is 0 Å². The smallest absolute Gasteiger partial charge is 0.254 e. The fourth-order valence-electron chi connectivity index (χ4n) is 3.10. The van der Waals surface area contributed by atoms with Gasteiger partial charge in [-0.25, -0.2) is 0 Å². The van der Waals surface area contributed by atoms with Gasteiger partial charge in [-0.3, -0.25) is 14.8 Å². The van der Waals surface area contributed by atoms with Crippen LogP contribution in [0.25, 0.3) is 11.0 Å². The fourth-order valence-corrected chi connectivity index (χ4v) is 3.10. The van der Waals surface area contributed by atoms with Gasteiger partial charge in [0, 0.05) is 18.3 Å². The summed E-state index contributed by atoms with van der Waals surface area (Å²) in [5.74, 6) is 0.000654. The Bertz CT molecular complexity index is 874. The topological polar surface area (TPSA) is 87.7 Å². The van der Waals surface area contributed by atoms with E-state index < -0.39 is 0 Å². The molecule has 2 aromatic heterocycles. The van der Waals surface area contributed by atoms with Crippen molar-refractivity contribution in [1.82, 2.24) is 30.3 Å². The molecule has 3 aromatic rings. The summed E-state index contributed by atoms with van der Waals surface area (Å²) in [6.07, 6.45) is 5.36. The third-order valence-corrected chi connectivity index (χ3v) is 4.19. The standard InChI is InChI=1S/C16H16N6O/c1-10-8-17-9-14(18-10)15-3-2-6-22(15)16(23)11-4-5-12-13(7-11)20-21-19-12/h4-5,7-9,15H,2-3,6H2,1H3,(H,19,20,21)/t15-/m1/s1. The summed E-state index contributed by atoms with van der Waals surface area (Å²) in [4.78, 5) is 23.5. The second kappa shape index (κ2) is 5.42. The van der Waals surface area contributed by atoms with E-state index in [9.17, 15) is 4.79 Å². The molecule has 7 nitrogen and oxygen atoms in total. The number of nitrogens with one attached hydrogen (secondary N) is 1. The van der Waals surface area contributed by atoms with Crippen molar-refractivity contribution in [3.05, 3.63) is 47.5 Å².